The van der Waals surface area contributed by atoms with Crippen molar-refractivity contribution in [2.75, 3.05) is 0 Å². The molecule has 0 aliphatic heterocycles. The maximum absolute atomic E-state index is 13.7. The molecule has 1 saturated carbocycles. The molecule has 4 rings (SSSR count). The van der Waals surface area contributed by atoms with E-state index in [1.54, 1.807) is 0 Å². The average Bonchev–Trinajstić information content (AvgIpc) is 3.12. The van der Waals surface area contributed by atoms with Crippen LogP contribution in [-0.4, -0.2) is 17.2 Å². The number of benzene rings is 1. The third-order valence-electron chi connectivity index (χ3n) is 6.30. The first kappa shape index (κ1) is 17.5. The van der Waals surface area contributed by atoms with Gasteiger partial charge in [-0.15, -0.1) is 0 Å². The van der Waals surface area contributed by atoms with Gasteiger partial charge in [0.15, 0.2) is 11.6 Å². The van der Waals surface area contributed by atoms with Crippen molar-refractivity contribution in [1.82, 2.24) is 5.32 Å². The Balaban J connectivity index is 1.42. The predicted octanol–water partition coefficient (Wildman–Crippen LogP) is 5.37. The lowest BCUT2D eigenvalue weighted by molar-refractivity contribution is 0.431. The SMILES string of the molecule is C[C@@H](N[C@H]1CC[C@@H](c2ccc(O)c(F)c2)C1)C1=C2C=CCCC2CC=C1. The summed E-state index contributed by atoms with van der Waals surface area (Å²) in [5.41, 5.74) is 3.97. The van der Waals surface area contributed by atoms with Gasteiger partial charge in [0, 0.05) is 12.1 Å². The van der Waals surface area contributed by atoms with Crippen LogP contribution in [0.4, 0.5) is 4.39 Å². The van der Waals surface area contributed by atoms with Crippen molar-refractivity contribution in [3.05, 3.63) is 65.0 Å². The van der Waals surface area contributed by atoms with E-state index in [9.17, 15) is 9.50 Å². The summed E-state index contributed by atoms with van der Waals surface area (Å²) in [5, 5.41) is 13.2. The number of hydrogen-bond acceptors (Lipinski definition) is 2. The van der Waals surface area contributed by atoms with E-state index < -0.39 is 5.82 Å². The van der Waals surface area contributed by atoms with Gasteiger partial charge >= 0.3 is 0 Å². The molecule has 3 aliphatic rings. The van der Waals surface area contributed by atoms with E-state index in [2.05, 4.69) is 36.5 Å². The van der Waals surface area contributed by atoms with E-state index in [0.29, 0.717) is 23.9 Å². The van der Waals surface area contributed by atoms with Crippen molar-refractivity contribution in [3.8, 4) is 5.75 Å². The summed E-state index contributed by atoms with van der Waals surface area (Å²) in [7, 11) is 0. The lowest BCUT2D eigenvalue weighted by Crippen LogP contribution is -2.37. The number of hydrogen-bond donors (Lipinski definition) is 2. The Morgan fingerprint density at radius 3 is 2.85 bits per heavy atom. The van der Waals surface area contributed by atoms with Gasteiger partial charge in [-0.05, 0) is 86.1 Å². The summed E-state index contributed by atoms with van der Waals surface area (Å²) in [6.45, 7) is 2.27. The quantitative estimate of drug-likeness (QED) is 0.763. The average molecular weight is 353 g/mol. The molecule has 0 radical (unpaired) electrons. The molecule has 0 aromatic heterocycles. The molecule has 0 amide bonds. The topological polar surface area (TPSA) is 32.3 Å². The minimum Gasteiger partial charge on any atom is -0.505 e. The van der Waals surface area contributed by atoms with E-state index in [0.717, 1.165) is 24.8 Å². The number of halogens is 1. The zero-order valence-corrected chi connectivity index (χ0v) is 15.4. The summed E-state index contributed by atoms with van der Waals surface area (Å²) >= 11 is 0. The van der Waals surface area contributed by atoms with Crippen LogP contribution in [0.1, 0.15) is 56.9 Å². The summed E-state index contributed by atoms with van der Waals surface area (Å²) in [5.74, 6) is 0.293. The number of rotatable bonds is 4. The first-order chi connectivity index (χ1) is 12.6. The lowest BCUT2D eigenvalue weighted by atomic mass is 9.79. The molecule has 1 aromatic rings. The zero-order valence-electron chi connectivity index (χ0n) is 15.4. The van der Waals surface area contributed by atoms with Crippen molar-refractivity contribution in [2.24, 2.45) is 5.92 Å². The highest BCUT2D eigenvalue weighted by molar-refractivity contribution is 5.42. The molecule has 3 heteroatoms. The third-order valence-corrected chi connectivity index (χ3v) is 6.30. The van der Waals surface area contributed by atoms with E-state index in [1.807, 2.05) is 6.07 Å². The second-order valence-electron chi connectivity index (χ2n) is 8.03. The molecule has 138 valence electrons. The van der Waals surface area contributed by atoms with Crippen molar-refractivity contribution < 1.29 is 9.50 Å². The molecule has 3 aliphatic carbocycles. The molecule has 4 atom stereocenters. The third kappa shape index (κ3) is 3.50. The fraction of sp³-hybridized carbons (Fsp3) is 0.478. The van der Waals surface area contributed by atoms with Crippen molar-refractivity contribution in [3.63, 3.8) is 0 Å². The van der Waals surface area contributed by atoms with Crippen LogP contribution in [0.15, 0.2) is 53.6 Å². The van der Waals surface area contributed by atoms with Crippen LogP contribution >= 0.6 is 0 Å². The van der Waals surface area contributed by atoms with Crippen LogP contribution in [0.2, 0.25) is 0 Å². The lowest BCUT2D eigenvalue weighted by Gasteiger charge is -2.30. The van der Waals surface area contributed by atoms with Gasteiger partial charge in [0.25, 0.3) is 0 Å². The molecule has 0 bridgehead atoms. The number of aromatic hydroxyl groups is 1. The minimum atomic E-state index is -0.512. The predicted molar refractivity (Wildman–Crippen MR) is 104 cm³/mol. The van der Waals surface area contributed by atoms with Crippen molar-refractivity contribution >= 4 is 0 Å². The molecule has 1 fully saturated rings. The highest BCUT2D eigenvalue weighted by Gasteiger charge is 2.29. The fourth-order valence-corrected chi connectivity index (χ4v) is 4.88. The molecule has 2 nitrogen and oxygen atoms in total. The molecule has 0 heterocycles. The van der Waals surface area contributed by atoms with Crippen LogP contribution in [0.25, 0.3) is 0 Å². The molecule has 0 saturated heterocycles. The van der Waals surface area contributed by atoms with Crippen LogP contribution in [-0.2, 0) is 0 Å². The summed E-state index contributed by atoms with van der Waals surface area (Å²) in [6.07, 6.45) is 16.1. The minimum absolute atomic E-state index is 0.261. The number of fused-ring (bicyclic) bond motifs is 1. The number of phenols is 1. The van der Waals surface area contributed by atoms with Crippen molar-refractivity contribution in [1.29, 1.82) is 0 Å². The van der Waals surface area contributed by atoms with Crippen molar-refractivity contribution in [2.45, 2.75) is 63.5 Å². The Bertz CT molecular complexity index is 763. The standard InChI is InChI=1S/C23H28FNO/c1-15(20-8-4-6-16-5-2-3-7-21(16)20)25-19-11-9-17(13-19)18-10-12-23(26)22(24)14-18/h3-4,7-8,10,12,14-17,19,25-26H,2,5-6,9,11,13H2,1H3/t15-,16?,17-,19+/m1/s1. The second-order valence-corrected chi connectivity index (χ2v) is 8.03. The summed E-state index contributed by atoms with van der Waals surface area (Å²) in [6, 6.07) is 5.63. The number of phenolic OH excluding ortho intramolecular Hbond substituents is 1. The maximum atomic E-state index is 13.7. The monoisotopic (exact) mass is 353 g/mol. The Kier molecular flexibility index (Phi) is 4.99. The Labute approximate surface area is 155 Å². The smallest absolute Gasteiger partial charge is 0.165 e. The molecule has 1 unspecified atom stereocenters. The normalized spacial score (nSPS) is 29.1. The summed E-state index contributed by atoms with van der Waals surface area (Å²) < 4.78 is 13.7. The Morgan fingerprint density at radius 2 is 2.00 bits per heavy atom. The van der Waals surface area contributed by atoms with E-state index >= 15 is 0 Å². The summed E-state index contributed by atoms with van der Waals surface area (Å²) in [4.78, 5) is 0. The van der Waals surface area contributed by atoms with Gasteiger partial charge in [-0.1, -0.05) is 30.4 Å². The molecule has 1 aromatic carbocycles. The number of nitrogens with one attached hydrogen (secondary N) is 1. The van der Waals surface area contributed by atoms with Gasteiger partial charge in [-0.25, -0.2) is 4.39 Å². The first-order valence-electron chi connectivity index (χ1n) is 9.93. The number of allylic oxidation sites excluding steroid dienone is 4. The van der Waals surface area contributed by atoms with E-state index in [4.69, 9.17) is 0 Å². The van der Waals surface area contributed by atoms with Gasteiger partial charge in [0.1, 0.15) is 0 Å². The maximum Gasteiger partial charge on any atom is 0.165 e. The molecule has 26 heavy (non-hydrogen) atoms. The van der Waals surface area contributed by atoms with E-state index in [-0.39, 0.29) is 5.75 Å². The Morgan fingerprint density at radius 1 is 1.12 bits per heavy atom. The highest BCUT2D eigenvalue weighted by atomic mass is 19.1. The van der Waals surface area contributed by atoms with Gasteiger partial charge in [0.05, 0.1) is 0 Å². The first-order valence-corrected chi connectivity index (χ1v) is 9.93. The van der Waals surface area contributed by atoms with Crippen LogP contribution < -0.4 is 5.32 Å². The van der Waals surface area contributed by atoms with Crippen LogP contribution in [0, 0.1) is 11.7 Å². The molecular weight excluding hydrogens is 325 g/mol. The second kappa shape index (κ2) is 7.40. The van der Waals surface area contributed by atoms with Gasteiger partial charge in [-0.3, -0.25) is 0 Å². The molecule has 2 N–H and O–H groups in total. The van der Waals surface area contributed by atoms with Gasteiger partial charge in [-0.2, -0.15) is 0 Å². The molecule has 0 spiro atoms. The van der Waals surface area contributed by atoms with E-state index in [1.165, 1.54) is 42.5 Å². The van der Waals surface area contributed by atoms with Gasteiger partial charge in [0.2, 0.25) is 0 Å². The molecular formula is C23H28FNO. The highest BCUT2D eigenvalue weighted by Crippen LogP contribution is 2.38. The zero-order chi connectivity index (χ0) is 18.1. The fourth-order valence-electron chi connectivity index (χ4n) is 4.88. The largest absolute Gasteiger partial charge is 0.505 e. The van der Waals surface area contributed by atoms with Crippen LogP contribution in [0.3, 0.4) is 0 Å². The van der Waals surface area contributed by atoms with Crippen LogP contribution in [0.5, 0.6) is 5.75 Å². The Hall–Kier alpha value is -1.87. The van der Waals surface area contributed by atoms with Gasteiger partial charge < -0.3 is 10.4 Å².